The Bertz CT molecular complexity index is 554. The van der Waals surface area contributed by atoms with Crippen molar-refractivity contribution in [3.63, 3.8) is 0 Å². The highest BCUT2D eigenvalue weighted by Gasteiger charge is 2.08. The topological polar surface area (TPSA) is 52.0 Å². The number of aromatic nitrogens is 1. The lowest BCUT2D eigenvalue weighted by atomic mass is 10.1. The van der Waals surface area contributed by atoms with Crippen LogP contribution in [0.5, 0.6) is 0 Å². The number of nitrogens with zero attached hydrogens (tertiary/aromatic N) is 3. The Labute approximate surface area is 94.1 Å². The summed E-state index contributed by atoms with van der Waals surface area (Å²) in [4.78, 5) is 4.24. The van der Waals surface area contributed by atoms with Crippen LogP contribution in [-0.2, 0) is 0 Å². The van der Waals surface area contributed by atoms with Crippen molar-refractivity contribution in [1.82, 2.24) is 9.99 Å². The average Bonchev–Trinajstić information content (AvgIpc) is 2.29. The van der Waals surface area contributed by atoms with Crippen LogP contribution in [0, 0.1) is 11.3 Å². The summed E-state index contributed by atoms with van der Waals surface area (Å²) in [5, 5.41) is 11.8. The second kappa shape index (κ2) is 4.17. The molecule has 0 spiro atoms. The van der Waals surface area contributed by atoms with Crippen LogP contribution in [0.2, 0.25) is 0 Å². The maximum atomic E-state index is 9.04. The summed E-state index contributed by atoms with van der Waals surface area (Å²) in [6, 6.07) is 9.89. The zero-order chi connectivity index (χ0) is 11.5. The van der Waals surface area contributed by atoms with Crippen LogP contribution in [-0.4, -0.2) is 24.1 Å². The largest absolute Gasteiger partial charge is 0.317 e. The van der Waals surface area contributed by atoms with E-state index >= 15 is 0 Å². The molecule has 0 aliphatic heterocycles. The highest BCUT2D eigenvalue weighted by atomic mass is 15.5. The molecule has 1 heterocycles. The molecule has 0 fully saturated rings. The Balaban J connectivity index is 2.69. The quantitative estimate of drug-likeness (QED) is 0.773. The zero-order valence-corrected chi connectivity index (χ0v) is 9.23. The third-order valence-electron chi connectivity index (χ3n) is 2.23. The average molecular weight is 212 g/mol. The predicted octanol–water partition coefficient (Wildman–Crippen LogP) is 1.99. The molecule has 2 rings (SSSR count). The van der Waals surface area contributed by atoms with E-state index in [9.17, 15) is 0 Å². The number of hydrogen-bond acceptors (Lipinski definition) is 4. The summed E-state index contributed by atoms with van der Waals surface area (Å²) >= 11 is 0. The third-order valence-corrected chi connectivity index (χ3v) is 2.23. The number of fused-ring (bicyclic) bond motifs is 1. The van der Waals surface area contributed by atoms with E-state index in [2.05, 4.69) is 16.5 Å². The van der Waals surface area contributed by atoms with Crippen LogP contribution in [0.25, 0.3) is 10.9 Å². The fourth-order valence-electron chi connectivity index (χ4n) is 1.57. The Morgan fingerprint density at radius 3 is 2.75 bits per heavy atom. The molecule has 0 aliphatic carbocycles. The van der Waals surface area contributed by atoms with Gasteiger partial charge in [0.15, 0.2) is 0 Å². The molecule has 80 valence electrons. The first-order valence-corrected chi connectivity index (χ1v) is 4.94. The summed E-state index contributed by atoms with van der Waals surface area (Å²) in [5.41, 5.74) is 5.37. The maximum Gasteiger partial charge on any atom is 0.103 e. The van der Waals surface area contributed by atoms with Gasteiger partial charge < -0.3 is 5.43 Å². The van der Waals surface area contributed by atoms with Crippen LogP contribution < -0.4 is 5.43 Å². The van der Waals surface area contributed by atoms with Crippen LogP contribution >= 0.6 is 0 Å². The number of pyridine rings is 1. The monoisotopic (exact) mass is 212 g/mol. The summed E-state index contributed by atoms with van der Waals surface area (Å²) in [7, 11) is 3.77. The van der Waals surface area contributed by atoms with Gasteiger partial charge in [0.1, 0.15) is 6.07 Å². The van der Waals surface area contributed by atoms with Crippen molar-refractivity contribution in [3.05, 3.63) is 36.0 Å². The molecule has 1 aromatic carbocycles. The minimum absolute atomic E-state index is 0.549. The van der Waals surface area contributed by atoms with E-state index < -0.39 is 0 Å². The molecule has 2 aromatic rings. The Morgan fingerprint density at radius 2 is 2.06 bits per heavy atom. The number of anilines is 1. The number of rotatable bonds is 2. The first-order chi connectivity index (χ1) is 7.72. The molecule has 0 bridgehead atoms. The minimum Gasteiger partial charge on any atom is -0.317 e. The lowest BCUT2D eigenvalue weighted by Gasteiger charge is -2.16. The van der Waals surface area contributed by atoms with Gasteiger partial charge >= 0.3 is 0 Å². The van der Waals surface area contributed by atoms with Crippen LogP contribution in [0.1, 0.15) is 5.56 Å². The van der Waals surface area contributed by atoms with Gasteiger partial charge in [-0.1, -0.05) is 18.2 Å². The lowest BCUT2D eigenvalue weighted by Crippen LogP contribution is -2.20. The molecule has 0 atom stereocenters. The number of benzene rings is 1. The van der Waals surface area contributed by atoms with E-state index in [1.807, 2.05) is 43.4 Å². The number of nitriles is 1. The highest BCUT2D eigenvalue weighted by Crippen LogP contribution is 2.25. The zero-order valence-electron chi connectivity index (χ0n) is 9.23. The molecule has 0 aliphatic rings. The van der Waals surface area contributed by atoms with Gasteiger partial charge in [-0.15, -0.1) is 0 Å². The van der Waals surface area contributed by atoms with Gasteiger partial charge in [0.25, 0.3) is 0 Å². The van der Waals surface area contributed by atoms with E-state index in [4.69, 9.17) is 5.26 Å². The van der Waals surface area contributed by atoms with Gasteiger partial charge in [-0.3, -0.25) is 4.98 Å². The van der Waals surface area contributed by atoms with E-state index in [1.54, 1.807) is 6.20 Å². The van der Waals surface area contributed by atoms with Gasteiger partial charge in [-0.25, -0.2) is 5.01 Å². The van der Waals surface area contributed by atoms with Gasteiger partial charge in [-0.2, -0.15) is 5.26 Å². The Morgan fingerprint density at radius 1 is 1.31 bits per heavy atom. The second-order valence-corrected chi connectivity index (χ2v) is 3.68. The predicted molar refractivity (Wildman–Crippen MR) is 63.8 cm³/mol. The third kappa shape index (κ3) is 1.81. The number of nitrogens with one attached hydrogen (secondary N) is 1. The first kappa shape index (κ1) is 10.4. The summed E-state index contributed by atoms with van der Waals surface area (Å²) in [6.07, 6.45) is 1.59. The molecule has 16 heavy (non-hydrogen) atoms. The molecule has 0 radical (unpaired) electrons. The van der Waals surface area contributed by atoms with E-state index in [0.29, 0.717) is 5.56 Å². The van der Waals surface area contributed by atoms with Crippen molar-refractivity contribution in [2.24, 2.45) is 0 Å². The number of para-hydroxylation sites is 1. The highest BCUT2D eigenvalue weighted by molar-refractivity contribution is 5.93. The van der Waals surface area contributed by atoms with E-state index in [-0.39, 0.29) is 0 Å². The van der Waals surface area contributed by atoms with Crippen LogP contribution in [0.4, 0.5) is 5.69 Å². The summed E-state index contributed by atoms with van der Waals surface area (Å²) < 4.78 is 0. The van der Waals surface area contributed by atoms with Gasteiger partial charge in [0.2, 0.25) is 0 Å². The molecule has 0 saturated heterocycles. The second-order valence-electron chi connectivity index (χ2n) is 3.68. The minimum atomic E-state index is 0.549. The standard InChI is InChI=1S/C12H12N4/c1-16(2)15-12-9(7-13)8-14-11-6-4-3-5-10(11)12/h3-6,8H,1-2H3,(H,14,15). The van der Waals surface area contributed by atoms with Crippen molar-refractivity contribution in [3.8, 4) is 6.07 Å². The van der Waals surface area contributed by atoms with Crippen molar-refractivity contribution in [2.45, 2.75) is 0 Å². The van der Waals surface area contributed by atoms with Crippen LogP contribution in [0.3, 0.4) is 0 Å². The van der Waals surface area contributed by atoms with E-state index in [0.717, 1.165) is 16.6 Å². The molecule has 1 aromatic heterocycles. The van der Waals surface area contributed by atoms with Gasteiger partial charge in [0, 0.05) is 25.7 Å². The fourth-order valence-corrected chi connectivity index (χ4v) is 1.57. The molecular formula is C12H12N4. The molecule has 4 nitrogen and oxygen atoms in total. The molecule has 0 saturated carbocycles. The molecule has 1 N–H and O–H groups in total. The maximum absolute atomic E-state index is 9.04. The number of hydrogen-bond donors (Lipinski definition) is 1. The molecular weight excluding hydrogens is 200 g/mol. The Kier molecular flexibility index (Phi) is 2.71. The summed E-state index contributed by atoms with van der Waals surface area (Å²) in [6.45, 7) is 0. The van der Waals surface area contributed by atoms with Gasteiger partial charge in [-0.05, 0) is 6.07 Å². The fraction of sp³-hybridized carbons (Fsp3) is 0.167. The molecule has 0 amide bonds. The SMILES string of the molecule is CN(C)Nc1c(C#N)cnc2ccccc12. The normalized spacial score (nSPS) is 10.4. The molecule has 4 heteroatoms. The lowest BCUT2D eigenvalue weighted by molar-refractivity contribution is 0.496. The Hall–Kier alpha value is -2.12. The summed E-state index contributed by atoms with van der Waals surface area (Å²) in [5.74, 6) is 0. The van der Waals surface area contributed by atoms with Crippen molar-refractivity contribution in [2.75, 3.05) is 19.5 Å². The molecule has 0 unspecified atom stereocenters. The smallest absolute Gasteiger partial charge is 0.103 e. The van der Waals surface area contributed by atoms with Crippen molar-refractivity contribution >= 4 is 16.6 Å². The first-order valence-electron chi connectivity index (χ1n) is 4.94. The van der Waals surface area contributed by atoms with Gasteiger partial charge in [0.05, 0.1) is 16.8 Å². The van der Waals surface area contributed by atoms with Crippen molar-refractivity contribution in [1.29, 1.82) is 5.26 Å². The number of hydrazine groups is 1. The van der Waals surface area contributed by atoms with Crippen molar-refractivity contribution < 1.29 is 0 Å². The van der Waals surface area contributed by atoms with Crippen LogP contribution in [0.15, 0.2) is 30.5 Å². The van der Waals surface area contributed by atoms with E-state index in [1.165, 1.54) is 0 Å².